The Morgan fingerprint density at radius 1 is 1.50 bits per heavy atom. The SMILES string of the molecule is CCN(CC(=O)O)S(=O)(=O)c1ccc(Br)c(F)c1. The lowest BCUT2D eigenvalue weighted by atomic mass is 10.3. The number of sulfonamides is 1. The minimum Gasteiger partial charge on any atom is -0.480 e. The third kappa shape index (κ3) is 3.27. The second-order valence-electron chi connectivity index (χ2n) is 3.40. The first-order valence-corrected chi connectivity index (χ1v) is 7.19. The molecule has 0 saturated heterocycles. The maximum absolute atomic E-state index is 13.3. The number of benzene rings is 1. The highest BCUT2D eigenvalue weighted by Gasteiger charge is 2.25. The molecule has 0 aliphatic heterocycles. The van der Waals surface area contributed by atoms with Gasteiger partial charge in [-0.25, -0.2) is 12.8 Å². The Labute approximate surface area is 112 Å². The number of likely N-dealkylation sites (N-methyl/N-ethyl adjacent to an activating group) is 1. The van der Waals surface area contributed by atoms with Crippen molar-refractivity contribution in [2.24, 2.45) is 0 Å². The lowest BCUT2D eigenvalue weighted by molar-refractivity contribution is -0.137. The molecule has 0 aliphatic carbocycles. The van der Waals surface area contributed by atoms with E-state index in [0.717, 1.165) is 10.4 Å². The quantitative estimate of drug-likeness (QED) is 0.885. The zero-order chi connectivity index (χ0) is 13.9. The summed E-state index contributed by atoms with van der Waals surface area (Å²) in [6.45, 7) is 0.846. The van der Waals surface area contributed by atoms with Crippen molar-refractivity contribution >= 4 is 31.9 Å². The fourth-order valence-electron chi connectivity index (χ4n) is 1.30. The Kier molecular flexibility index (Phi) is 4.83. The molecule has 0 heterocycles. The zero-order valence-corrected chi connectivity index (χ0v) is 11.8. The van der Waals surface area contributed by atoms with Gasteiger partial charge in [0.05, 0.1) is 9.37 Å². The molecule has 100 valence electrons. The van der Waals surface area contributed by atoms with Crippen LogP contribution in [0.15, 0.2) is 27.6 Å². The largest absolute Gasteiger partial charge is 0.480 e. The first-order chi connectivity index (χ1) is 8.28. The van der Waals surface area contributed by atoms with Crippen molar-refractivity contribution < 1.29 is 22.7 Å². The smallest absolute Gasteiger partial charge is 0.318 e. The molecule has 0 unspecified atom stereocenters. The van der Waals surface area contributed by atoms with Gasteiger partial charge in [-0.05, 0) is 34.1 Å². The van der Waals surface area contributed by atoms with E-state index in [-0.39, 0.29) is 15.9 Å². The summed E-state index contributed by atoms with van der Waals surface area (Å²) in [6.07, 6.45) is 0. The van der Waals surface area contributed by atoms with Crippen molar-refractivity contribution in [2.45, 2.75) is 11.8 Å². The van der Waals surface area contributed by atoms with Gasteiger partial charge in [0.2, 0.25) is 10.0 Å². The molecule has 0 aromatic heterocycles. The molecule has 5 nitrogen and oxygen atoms in total. The molecule has 0 aliphatic rings. The number of hydrogen-bond donors (Lipinski definition) is 1. The number of carboxylic acids is 1. The fraction of sp³-hybridized carbons (Fsp3) is 0.300. The number of carboxylic acid groups (broad SMARTS) is 1. The predicted octanol–water partition coefficient (Wildman–Crippen LogP) is 1.68. The molecular formula is C10H11BrFNO4S. The van der Waals surface area contributed by atoms with Gasteiger partial charge in [0, 0.05) is 6.54 Å². The Morgan fingerprint density at radius 3 is 2.56 bits per heavy atom. The number of carbonyl (C=O) groups is 1. The third-order valence-electron chi connectivity index (χ3n) is 2.19. The van der Waals surface area contributed by atoms with Gasteiger partial charge in [-0.1, -0.05) is 6.92 Å². The molecule has 1 aromatic rings. The highest BCUT2D eigenvalue weighted by Crippen LogP contribution is 2.21. The molecule has 18 heavy (non-hydrogen) atoms. The lowest BCUT2D eigenvalue weighted by Crippen LogP contribution is -2.35. The van der Waals surface area contributed by atoms with Crippen LogP contribution < -0.4 is 0 Å². The van der Waals surface area contributed by atoms with E-state index >= 15 is 0 Å². The van der Waals surface area contributed by atoms with Crippen LogP contribution in [0, 0.1) is 5.82 Å². The van der Waals surface area contributed by atoms with Gasteiger partial charge >= 0.3 is 5.97 Å². The van der Waals surface area contributed by atoms with E-state index in [1.54, 1.807) is 0 Å². The van der Waals surface area contributed by atoms with Crippen molar-refractivity contribution in [3.8, 4) is 0 Å². The maximum Gasteiger partial charge on any atom is 0.318 e. The van der Waals surface area contributed by atoms with Crippen LogP contribution in [-0.2, 0) is 14.8 Å². The molecule has 0 amide bonds. The van der Waals surface area contributed by atoms with E-state index < -0.39 is 28.4 Å². The Morgan fingerprint density at radius 2 is 2.11 bits per heavy atom. The van der Waals surface area contributed by atoms with Crippen LogP contribution in [0.25, 0.3) is 0 Å². The third-order valence-corrected chi connectivity index (χ3v) is 4.75. The Bertz CT molecular complexity index is 561. The van der Waals surface area contributed by atoms with Gasteiger partial charge < -0.3 is 5.11 Å². The standard InChI is InChI=1S/C10H11BrFNO4S/c1-2-13(6-10(14)15)18(16,17)7-3-4-8(11)9(12)5-7/h3-5H,2,6H2,1H3,(H,14,15). The van der Waals surface area contributed by atoms with E-state index in [9.17, 15) is 17.6 Å². The minimum atomic E-state index is -3.99. The van der Waals surface area contributed by atoms with Gasteiger partial charge in [0.1, 0.15) is 12.4 Å². The van der Waals surface area contributed by atoms with Crippen LogP contribution in [0.1, 0.15) is 6.92 Å². The molecule has 0 saturated carbocycles. The summed E-state index contributed by atoms with van der Waals surface area (Å²) in [5.74, 6) is -1.99. The van der Waals surface area contributed by atoms with Gasteiger partial charge in [0.15, 0.2) is 0 Å². The van der Waals surface area contributed by atoms with Crippen molar-refractivity contribution in [2.75, 3.05) is 13.1 Å². The van der Waals surface area contributed by atoms with E-state index in [0.29, 0.717) is 0 Å². The van der Waals surface area contributed by atoms with Gasteiger partial charge in [0.25, 0.3) is 0 Å². The van der Waals surface area contributed by atoms with E-state index in [2.05, 4.69) is 15.9 Å². The lowest BCUT2D eigenvalue weighted by Gasteiger charge is -2.18. The number of halogens is 2. The van der Waals surface area contributed by atoms with Crippen LogP contribution in [0.3, 0.4) is 0 Å². The average molecular weight is 340 g/mol. The number of hydrogen-bond acceptors (Lipinski definition) is 3. The molecule has 0 spiro atoms. The van der Waals surface area contributed by atoms with E-state index in [4.69, 9.17) is 5.11 Å². The van der Waals surface area contributed by atoms with E-state index in [1.807, 2.05) is 0 Å². The van der Waals surface area contributed by atoms with Crippen LogP contribution >= 0.6 is 15.9 Å². The minimum absolute atomic E-state index is 0.00762. The van der Waals surface area contributed by atoms with Crippen molar-refractivity contribution in [3.63, 3.8) is 0 Å². The molecule has 8 heteroatoms. The second-order valence-corrected chi connectivity index (χ2v) is 6.19. The Hall–Kier alpha value is -0.990. The second kappa shape index (κ2) is 5.77. The van der Waals surface area contributed by atoms with Gasteiger partial charge in [-0.2, -0.15) is 4.31 Å². The highest BCUT2D eigenvalue weighted by atomic mass is 79.9. The molecule has 0 atom stereocenters. The molecule has 0 bridgehead atoms. The summed E-state index contributed by atoms with van der Waals surface area (Å²) in [5, 5.41) is 8.64. The Balaban J connectivity index is 3.18. The van der Waals surface area contributed by atoms with E-state index in [1.165, 1.54) is 19.1 Å². The fourth-order valence-corrected chi connectivity index (χ4v) is 2.96. The summed E-state index contributed by atoms with van der Waals surface area (Å²) >= 11 is 2.91. The molecule has 0 radical (unpaired) electrons. The van der Waals surface area contributed by atoms with Gasteiger partial charge in [-0.15, -0.1) is 0 Å². The molecule has 0 fully saturated rings. The number of rotatable bonds is 5. The molecular weight excluding hydrogens is 329 g/mol. The summed E-state index contributed by atoms with van der Waals surface area (Å²) in [4.78, 5) is 10.3. The van der Waals surface area contributed by atoms with Crippen LogP contribution in [0.2, 0.25) is 0 Å². The normalized spacial score (nSPS) is 11.8. The summed E-state index contributed by atoms with van der Waals surface area (Å²) in [7, 11) is -3.99. The topological polar surface area (TPSA) is 74.7 Å². The zero-order valence-electron chi connectivity index (χ0n) is 9.43. The summed E-state index contributed by atoms with van der Waals surface area (Å²) < 4.78 is 38.3. The van der Waals surface area contributed by atoms with Crippen LogP contribution in [0.4, 0.5) is 4.39 Å². The molecule has 1 aromatic carbocycles. The number of aliphatic carboxylic acids is 1. The summed E-state index contributed by atoms with van der Waals surface area (Å²) in [5.41, 5.74) is 0. The van der Waals surface area contributed by atoms with Crippen molar-refractivity contribution in [1.29, 1.82) is 0 Å². The maximum atomic E-state index is 13.3. The predicted molar refractivity (Wildman–Crippen MR) is 66.2 cm³/mol. The molecule has 1 rings (SSSR count). The van der Waals surface area contributed by atoms with Crippen LogP contribution in [-0.4, -0.2) is 36.9 Å². The summed E-state index contributed by atoms with van der Waals surface area (Å²) in [6, 6.07) is 3.33. The average Bonchev–Trinajstić information content (AvgIpc) is 2.28. The first kappa shape index (κ1) is 15.1. The number of nitrogens with zero attached hydrogens (tertiary/aromatic N) is 1. The first-order valence-electron chi connectivity index (χ1n) is 4.96. The highest BCUT2D eigenvalue weighted by molar-refractivity contribution is 9.10. The van der Waals surface area contributed by atoms with Crippen molar-refractivity contribution in [3.05, 3.63) is 28.5 Å². The van der Waals surface area contributed by atoms with Gasteiger partial charge in [-0.3, -0.25) is 4.79 Å². The van der Waals surface area contributed by atoms with Crippen LogP contribution in [0.5, 0.6) is 0 Å². The monoisotopic (exact) mass is 339 g/mol. The molecule has 1 N–H and O–H groups in total. The van der Waals surface area contributed by atoms with Crippen molar-refractivity contribution in [1.82, 2.24) is 4.31 Å².